The Hall–Kier alpha value is -3.18. The average molecular weight is 411 g/mol. The number of nitrogens with zero attached hydrogens (tertiary/aromatic N) is 1. The molecule has 0 aliphatic heterocycles. The number of halogens is 1. The van der Waals surface area contributed by atoms with E-state index in [4.69, 9.17) is 21.1 Å². The summed E-state index contributed by atoms with van der Waals surface area (Å²) < 4.78 is 10.4. The van der Waals surface area contributed by atoms with E-state index < -0.39 is 0 Å². The maximum absolute atomic E-state index is 13.0. The summed E-state index contributed by atoms with van der Waals surface area (Å²) in [6, 6.07) is 22.2. The third-order valence-corrected chi connectivity index (χ3v) is 4.66. The molecule has 0 spiro atoms. The average Bonchev–Trinajstić information content (AvgIpc) is 2.74. The lowest BCUT2D eigenvalue weighted by atomic mass is 10.1. The van der Waals surface area contributed by atoms with Crippen molar-refractivity contribution in [3.05, 3.63) is 88.9 Å². The zero-order chi connectivity index (χ0) is 20.6. The van der Waals surface area contributed by atoms with Gasteiger partial charge in [-0.15, -0.1) is 0 Å². The summed E-state index contributed by atoms with van der Waals surface area (Å²) in [6.07, 6.45) is 0. The van der Waals surface area contributed by atoms with Crippen LogP contribution in [0.2, 0.25) is 5.02 Å². The SMILES string of the molecule is COc1ccc(CN(Cc2ccc(OC)cc2)C(=O)Nc2cccc(Cl)c2)cc1. The molecule has 0 aliphatic rings. The number of ether oxygens (including phenoxy) is 2. The summed E-state index contributed by atoms with van der Waals surface area (Å²) in [5, 5.41) is 3.49. The van der Waals surface area contributed by atoms with Crippen LogP contribution in [0.5, 0.6) is 11.5 Å². The molecule has 3 aromatic rings. The maximum Gasteiger partial charge on any atom is 0.322 e. The molecule has 0 aromatic heterocycles. The van der Waals surface area contributed by atoms with E-state index in [1.54, 1.807) is 37.3 Å². The summed E-state index contributed by atoms with van der Waals surface area (Å²) >= 11 is 6.04. The Labute approximate surface area is 175 Å². The molecule has 0 bridgehead atoms. The van der Waals surface area contributed by atoms with Gasteiger partial charge in [-0.3, -0.25) is 0 Å². The van der Waals surface area contributed by atoms with E-state index in [0.29, 0.717) is 23.8 Å². The molecule has 150 valence electrons. The van der Waals surface area contributed by atoms with Gasteiger partial charge in [-0.25, -0.2) is 4.79 Å². The zero-order valence-corrected chi connectivity index (χ0v) is 17.1. The van der Waals surface area contributed by atoms with E-state index in [2.05, 4.69) is 5.32 Å². The smallest absolute Gasteiger partial charge is 0.322 e. The van der Waals surface area contributed by atoms with Crippen LogP contribution in [0.4, 0.5) is 10.5 Å². The fourth-order valence-corrected chi connectivity index (χ4v) is 3.06. The summed E-state index contributed by atoms with van der Waals surface area (Å²) in [5.41, 5.74) is 2.65. The second-order valence-corrected chi connectivity index (χ2v) is 6.93. The first-order valence-electron chi connectivity index (χ1n) is 9.15. The molecule has 0 unspecified atom stereocenters. The third-order valence-electron chi connectivity index (χ3n) is 4.43. The molecule has 5 nitrogen and oxygen atoms in total. The van der Waals surface area contributed by atoms with Crippen molar-refractivity contribution >= 4 is 23.3 Å². The number of nitrogens with one attached hydrogen (secondary N) is 1. The molecule has 6 heteroatoms. The third kappa shape index (κ3) is 5.90. The summed E-state index contributed by atoms with van der Waals surface area (Å²) in [4.78, 5) is 14.7. The first-order valence-corrected chi connectivity index (χ1v) is 9.52. The Balaban J connectivity index is 1.79. The van der Waals surface area contributed by atoms with Gasteiger partial charge in [0.25, 0.3) is 0 Å². The van der Waals surface area contributed by atoms with Crippen molar-refractivity contribution in [1.82, 2.24) is 4.90 Å². The number of anilines is 1. The topological polar surface area (TPSA) is 50.8 Å². The van der Waals surface area contributed by atoms with Gasteiger partial charge < -0.3 is 19.7 Å². The number of hydrogen-bond donors (Lipinski definition) is 1. The first-order chi connectivity index (χ1) is 14.1. The van der Waals surface area contributed by atoms with Gasteiger partial charge in [-0.05, 0) is 53.6 Å². The van der Waals surface area contributed by atoms with E-state index in [1.165, 1.54) is 0 Å². The minimum absolute atomic E-state index is 0.209. The Morgan fingerprint density at radius 1 is 0.862 bits per heavy atom. The van der Waals surface area contributed by atoms with Crippen LogP contribution in [0.25, 0.3) is 0 Å². The predicted octanol–water partition coefficient (Wildman–Crippen LogP) is 5.59. The Kier molecular flexibility index (Phi) is 6.98. The van der Waals surface area contributed by atoms with Crippen LogP contribution in [0.1, 0.15) is 11.1 Å². The minimum Gasteiger partial charge on any atom is -0.497 e. The lowest BCUT2D eigenvalue weighted by Crippen LogP contribution is -2.34. The van der Waals surface area contributed by atoms with Gasteiger partial charge in [0.05, 0.1) is 14.2 Å². The van der Waals surface area contributed by atoms with Crippen LogP contribution in [-0.4, -0.2) is 25.2 Å². The maximum atomic E-state index is 13.0. The quantitative estimate of drug-likeness (QED) is 0.552. The fraction of sp³-hybridized carbons (Fsp3) is 0.174. The molecule has 0 aliphatic carbocycles. The zero-order valence-electron chi connectivity index (χ0n) is 16.4. The van der Waals surface area contributed by atoms with Crippen LogP contribution in [-0.2, 0) is 13.1 Å². The number of benzene rings is 3. The van der Waals surface area contributed by atoms with Gasteiger partial charge >= 0.3 is 6.03 Å². The summed E-state index contributed by atoms with van der Waals surface area (Å²) in [6.45, 7) is 0.894. The fourth-order valence-electron chi connectivity index (χ4n) is 2.87. The number of methoxy groups -OCH3 is 2. The highest BCUT2D eigenvalue weighted by Crippen LogP contribution is 2.19. The molecule has 0 atom stereocenters. The Morgan fingerprint density at radius 2 is 1.38 bits per heavy atom. The van der Waals surface area contributed by atoms with Gasteiger partial charge in [0, 0.05) is 23.8 Å². The van der Waals surface area contributed by atoms with E-state index in [9.17, 15) is 4.79 Å². The molecule has 1 N–H and O–H groups in total. The monoisotopic (exact) mass is 410 g/mol. The number of rotatable bonds is 7. The van der Waals surface area contributed by atoms with Crippen molar-refractivity contribution < 1.29 is 14.3 Å². The molecular formula is C23H23ClN2O3. The minimum atomic E-state index is -0.209. The first kappa shape index (κ1) is 20.6. The van der Waals surface area contributed by atoms with Crippen LogP contribution >= 0.6 is 11.6 Å². The second-order valence-electron chi connectivity index (χ2n) is 6.49. The number of hydrogen-bond acceptors (Lipinski definition) is 3. The van der Waals surface area contributed by atoms with Crippen molar-refractivity contribution in [1.29, 1.82) is 0 Å². The molecule has 3 aromatic carbocycles. The summed E-state index contributed by atoms with van der Waals surface area (Å²) in [7, 11) is 3.26. The van der Waals surface area contributed by atoms with Crippen LogP contribution in [0.3, 0.4) is 0 Å². The molecule has 0 saturated carbocycles. The van der Waals surface area contributed by atoms with Crippen LogP contribution < -0.4 is 14.8 Å². The van der Waals surface area contributed by atoms with E-state index in [1.807, 2.05) is 54.6 Å². The van der Waals surface area contributed by atoms with Gasteiger partial charge in [-0.2, -0.15) is 0 Å². The summed E-state index contributed by atoms with van der Waals surface area (Å²) in [5.74, 6) is 1.55. The number of carbonyl (C=O) groups excluding carboxylic acids is 1. The molecule has 0 saturated heterocycles. The Morgan fingerprint density at radius 3 is 1.83 bits per heavy atom. The van der Waals surface area contributed by atoms with Crippen molar-refractivity contribution in [3.63, 3.8) is 0 Å². The highest BCUT2D eigenvalue weighted by Gasteiger charge is 2.15. The molecule has 29 heavy (non-hydrogen) atoms. The molecule has 0 radical (unpaired) electrons. The molecule has 0 heterocycles. The molecule has 2 amide bonds. The van der Waals surface area contributed by atoms with Gasteiger partial charge in [0.2, 0.25) is 0 Å². The van der Waals surface area contributed by atoms with Gasteiger partial charge in [0.15, 0.2) is 0 Å². The number of amides is 2. The van der Waals surface area contributed by atoms with Crippen molar-refractivity contribution in [2.24, 2.45) is 0 Å². The van der Waals surface area contributed by atoms with Gasteiger partial charge in [-0.1, -0.05) is 41.9 Å². The van der Waals surface area contributed by atoms with Crippen molar-refractivity contribution in [3.8, 4) is 11.5 Å². The van der Waals surface area contributed by atoms with Gasteiger partial charge in [0.1, 0.15) is 11.5 Å². The highest BCUT2D eigenvalue weighted by atomic mass is 35.5. The van der Waals surface area contributed by atoms with E-state index >= 15 is 0 Å². The van der Waals surface area contributed by atoms with E-state index in [0.717, 1.165) is 22.6 Å². The number of urea groups is 1. The van der Waals surface area contributed by atoms with Crippen LogP contribution in [0, 0.1) is 0 Å². The lowest BCUT2D eigenvalue weighted by molar-refractivity contribution is 0.206. The largest absolute Gasteiger partial charge is 0.497 e. The van der Waals surface area contributed by atoms with Crippen molar-refractivity contribution in [2.75, 3.05) is 19.5 Å². The molecule has 3 rings (SSSR count). The molecular weight excluding hydrogens is 388 g/mol. The predicted molar refractivity (Wildman–Crippen MR) is 116 cm³/mol. The van der Waals surface area contributed by atoms with E-state index in [-0.39, 0.29) is 6.03 Å². The standard InChI is InChI=1S/C23H23ClN2O3/c1-28-21-10-6-17(7-11-21)15-26(16-18-8-12-22(29-2)13-9-18)23(27)25-20-5-3-4-19(24)14-20/h3-14H,15-16H2,1-2H3,(H,25,27). The normalized spacial score (nSPS) is 10.3. The van der Waals surface area contributed by atoms with Crippen molar-refractivity contribution in [2.45, 2.75) is 13.1 Å². The second kappa shape index (κ2) is 9.85. The lowest BCUT2D eigenvalue weighted by Gasteiger charge is -2.24. The Bertz CT molecular complexity index is 894. The van der Waals surface area contributed by atoms with Crippen LogP contribution in [0.15, 0.2) is 72.8 Å². The highest BCUT2D eigenvalue weighted by molar-refractivity contribution is 6.30. The molecule has 0 fully saturated rings. The number of carbonyl (C=O) groups is 1.